The summed E-state index contributed by atoms with van der Waals surface area (Å²) in [5.41, 5.74) is 8.15. The summed E-state index contributed by atoms with van der Waals surface area (Å²) in [4.78, 5) is 2.38. The van der Waals surface area contributed by atoms with Crippen LogP contribution < -0.4 is 10.6 Å². The maximum absolute atomic E-state index is 5.67. The Kier molecular flexibility index (Phi) is 3.80. The van der Waals surface area contributed by atoms with Crippen LogP contribution in [0.5, 0.6) is 0 Å². The summed E-state index contributed by atoms with van der Waals surface area (Å²) in [5.74, 6) is 0. The molecule has 0 saturated carbocycles. The topological polar surface area (TPSA) is 38.5 Å². The molecular weight excluding hydrogens is 200 g/mol. The van der Waals surface area contributed by atoms with Crippen molar-refractivity contribution in [2.45, 2.75) is 19.4 Å². The van der Waals surface area contributed by atoms with Crippen LogP contribution >= 0.6 is 0 Å². The van der Waals surface area contributed by atoms with E-state index in [2.05, 4.69) is 36.1 Å². The highest BCUT2D eigenvalue weighted by molar-refractivity contribution is 5.47. The summed E-state index contributed by atoms with van der Waals surface area (Å²) in [6.45, 7) is 5.55. The quantitative estimate of drug-likeness (QED) is 0.840. The van der Waals surface area contributed by atoms with Crippen molar-refractivity contribution in [3.05, 3.63) is 29.8 Å². The third kappa shape index (κ3) is 2.74. The lowest BCUT2D eigenvalue weighted by atomic mass is 10.1. The molecule has 0 spiro atoms. The SMILES string of the molecule is Cc1ccc(N2CCOC(CCN)C2)cc1. The van der Waals surface area contributed by atoms with Crippen molar-refractivity contribution in [3.63, 3.8) is 0 Å². The van der Waals surface area contributed by atoms with Gasteiger partial charge in [-0.05, 0) is 32.0 Å². The summed E-state index contributed by atoms with van der Waals surface area (Å²) in [7, 11) is 0. The van der Waals surface area contributed by atoms with E-state index < -0.39 is 0 Å². The molecule has 0 radical (unpaired) electrons. The normalized spacial score (nSPS) is 21.1. The van der Waals surface area contributed by atoms with Gasteiger partial charge in [-0.3, -0.25) is 0 Å². The Morgan fingerprint density at radius 3 is 2.81 bits per heavy atom. The second-order valence-corrected chi connectivity index (χ2v) is 4.35. The van der Waals surface area contributed by atoms with Gasteiger partial charge in [-0.15, -0.1) is 0 Å². The molecule has 3 nitrogen and oxygen atoms in total. The van der Waals surface area contributed by atoms with Gasteiger partial charge >= 0.3 is 0 Å². The van der Waals surface area contributed by atoms with Gasteiger partial charge in [0.05, 0.1) is 12.7 Å². The molecule has 1 heterocycles. The first-order valence-electron chi connectivity index (χ1n) is 5.93. The van der Waals surface area contributed by atoms with E-state index in [1.54, 1.807) is 0 Å². The number of nitrogens with zero attached hydrogens (tertiary/aromatic N) is 1. The largest absolute Gasteiger partial charge is 0.374 e. The van der Waals surface area contributed by atoms with Gasteiger partial charge in [0, 0.05) is 18.8 Å². The zero-order valence-electron chi connectivity index (χ0n) is 9.86. The molecular formula is C13H20N2O. The molecule has 1 aromatic rings. The fraction of sp³-hybridized carbons (Fsp3) is 0.538. The minimum Gasteiger partial charge on any atom is -0.374 e. The number of aryl methyl sites for hydroxylation is 1. The van der Waals surface area contributed by atoms with Crippen molar-refractivity contribution in [1.29, 1.82) is 0 Å². The zero-order valence-corrected chi connectivity index (χ0v) is 9.86. The van der Waals surface area contributed by atoms with Crippen molar-refractivity contribution in [2.75, 3.05) is 31.1 Å². The second kappa shape index (κ2) is 5.32. The van der Waals surface area contributed by atoms with Gasteiger partial charge in [0.2, 0.25) is 0 Å². The predicted octanol–water partition coefficient (Wildman–Crippen LogP) is 1.55. The number of morpholine rings is 1. The molecule has 0 aromatic heterocycles. The Morgan fingerprint density at radius 2 is 2.12 bits per heavy atom. The fourth-order valence-corrected chi connectivity index (χ4v) is 2.07. The summed E-state index contributed by atoms with van der Waals surface area (Å²) in [6, 6.07) is 8.67. The molecule has 1 unspecified atom stereocenters. The number of benzene rings is 1. The van der Waals surface area contributed by atoms with Gasteiger partial charge in [-0.1, -0.05) is 17.7 Å². The van der Waals surface area contributed by atoms with E-state index >= 15 is 0 Å². The smallest absolute Gasteiger partial charge is 0.0762 e. The highest BCUT2D eigenvalue weighted by Gasteiger charge is 2.19. The monoisotopic (exact) mass is 220 g/mol. The number of anilines is 1. The maximum Gasteiger partial charge on any atom is 0.0762 e. The van der Waals surface area contributed by atoms with Crippen molar-refractivity contribution >= 4 is 5.69 Å². The number of rotatable bonds is 3. The number of nitrogens with two attached hydrogens (primary N) is 1. The standard InChI is InChI=1S/C13H20N2O/c1-11-2-4-12(5-3-11)15-8-9-16-13(10-15)6-7-14/h2-5,13H,6-10,14H2,1H3. The van der Waals surface area contributed by atoms with E-state index in [0.717, 1.165) is 26.1 Å². The molecule has 1 aliphatic rings. The summed E-state index contributed by atoms with van der Waals surface area (Å²) >= 11 is 0. The predicted molar refractivity (Wildman–Crippen MR) is 66.8 cm³/mol. The summed E-state index contributed by atoms with van der Waals surface area (Å²) in [5, 5.41) is 0. The molecule has 0 amide bonds. The van der Waals surface area contributed by atoms with Crippen LogP contribution in [0.25, 0.3) is 0 Å². The van der Waals surface area contributed by atoms with E-state index in [1.807, 2.05) is 0 Å². The van der Waals surface area contributed by atoms with Crippen molar-refractivity contribution in [3.8, 4) is 0 Å². The third-order valence-corrected chi connectivity index (χ3v) is 3.03. The second-order valence-electron chi connectivity index (χ2n) is 4.35. The minimum atomic E-state index is 0.292. The van der Waals surface area contributed by atoms with Crippen molar-refractivity contribution in [1.82, 2.24) is 0 Å². The first-order chi connectivity index (χ1) is 7.79. The average molecular weight is 220 g/mol. The van der Waals surface area contributed by atoms with Gasteiger partial charge in [0.15, 0.2) is 0 Å². The Balaban J connectivity index is 2.01. The molecule has 0 bridgehead atoms. The maximum atomic E-state index is 5.67. The van der Waals surface area contributed by atoms with Crippen LogP contribution in [-0.2, 0) is 4.74 Å². The van der Waals surface area contributed by atoms with Gasteiger partial charge in [-0.25, -0.2) is 0 Å². The Hall–Kier alpha value is -1.06. The molecule has 2 rings (SSSR count). The van der Waals surface area contributed by atoms with Crippen LogP contribution in [0.3, 0.4) is 0 Å². The number of hydrogen-bond acceptors (Lipinski definition) is 3. The van der Waals surface area contributed by atoms with Gasteiger partial charge in [0.25, 0.3) is 0 Å². The van der Waals surface area contributed by atoms with E-state index in [9.17, 15) is 0 Å². The summed E-state index contributed by atoms with van der Waals surface area (Å²) in [6.07, 6.45) is 1.24. The highest BCUT2D eigenvalue weighted by Crippen LogP contribution is 2.19. The minimum absolute atomic E-state index is 0.292. The van der Waals surface area contributed by atoms with Crippen molar-refractivity contribution in [2.24, 2.45) is 5.73 Å². The Bertz CT molecular complexity index is 321. The zero-order chi connectivity index (χ0) is 11.4. The van der Waals surface area contributed by atoms with E-state index in [4.69, 9.17) is 10.5 Å². The van der Waals surface area contributed by atoms with E-state index in [0.29, 0.717) is 12.6 Å². The molecule has 16 heavy (non-hydrogen) atoms. The molecule has 1 saturated heterocycles. The van der Waals surface area contributed by atoms with Crippen molar-refractivity contribution < 1.29 is 4.74 Å². The molecule has 3 heteroatoms. The van der Waals surface area contributed by atoms with Crippen LogP contribution in [0.1, 0.15) is 12.0 Å². The third-order valence-electron chi connectivity index (χ3n) is 3.03. The van der Waals surface area contributed by atoms with Crippen LogP contribution in [0.2, 0.25) is 0 Å². The lowest BCUT2D eigenvalue weighted by molar-refractivity contribution is 0.0369. The Labute approximate surface area is 97.2 Å². The van der Waals surface area contributed by atoms with Gasteiger partial charge in [-0.2, -0.15) is 0 Å². The van der Waals surface area contributed by atoms with Crippen LogP contribution in [0.4, 0.5) is 5.69 Å². The summed E-state index contributed by atoms with van der Waals surface area (Å²) < 4.78 is 5.67. The van der Waals surface area contributed by atoms with Crippen LogP contribution in [0, 0.1) is 6.92 Å². The molecule has 1 aliphatic heterocycles. The fourth-order valence-electron chi connectivity index (χ4n) is 2.07. The lowest BCUT2D eigenvalue weighted by Crippen LogP contribution is -2.43. The van der Waals surface area contributed by atoms with Gasteiger partial charge in [0.1, 0.15) is 0 Å². The molecule has 88 valence electrons. The average Bonchev–Trinajstić information content (AvgIpc) is 2.31. The number of ether oxygens (including phenoxy) is 1. The first kappa shape index (κ1) is 11.4. The molecule has 0 aliphatic carbocycles. The molecule has 1 aromatic carbocycles. The first-order valence-corrected chi connectivity index (χ1v) is 5.93. The van der Waals surface area contributed by atoms with E-state index in [-0.39, 0.29) is 0 Å². The molecule has 2 N–H and O–H groups in total. The van der Waals surface area contributed by atoms with E-state index in [1.165, 1.54) is 11.3 Å². The molecule has 1 fully saturated rings. The van der Waals surface area contributed by atoms with Crippen LogP contribution in [0.15, 0.2) is 24.3 Å². The Morgan fingerprint density at radius 1 is 1.38 bits per heavy atom. The highest BCUT2D eigenvalue weighted by atomic mass is 16.5. The van der Waals surface area contributed by atoms with Crippen LogP contribution in [-0.4, -0.2) is 32.3 Å². The lowest BCUT2D eigenvalue weighted by Gasteiger charge is -2.34. The van der Waals surface area contributed by atoms with Gasteiger partial charge < -0.3 is 15.4 Å². The number of hydrogen-bond donors (Lipinski definition) is 1. The molecule has 1 atom stereocenters.